The molecule has 4 aromatic carbocycles. The molecule has 4 rings (SSSR count). The SMILES string of the molecule is COc1ccc(-c2ccc(Oc3ccccc3C(C)(C)C)c(NC(=O)Nc3ccc(C)c(C)c3)c2)cc1C(=O)O. The average molecular weight is 539 g/mol. The van der Waals surface area contributed by atoms with Crippen LogP contribution in [-0.2, 0) is 5.41 Å². The first kappa shape index (κ1) is 28.2. The van der Waals surface area contributed by atoms with Gasteiger partial charge < -0.3 is 25.2 Å². The number of anilines is 2. The number of amides is 2. The molecule has 0 unspecified atom stereocenters. The van der Waals surface area contributed by atoms with Crippen LogP contribution in [0.3, 0.4) is 0 Å². The fourth-order valence-corrected chi connectivity index (χ4v) is 4.35. The third-order valence-corrected chi connectivity index (χ3v) is 6.67. The Morgan fingerprint density at radius 2 is 1.43 bits per heavy atom. The fourth-order valence-electron chi connectivity index (χ4n) is 4.35. The number of aromatic carboxylic acids is 1. The lowest BCUT2D eigenvalue weighted by Crippen LogP contribution is -2.20. The zero-order valence-electron chi connectivity index (χ0n) is 23.6. The smallest absolute Gasteiger partial charge is 0.339 e. The predicted molar refractivity (Wildman–Crippen MR) is 159 cm³/mol. The molecule has 0 spiro atoms. The van der Waals surface area contributed by atoms with Gasteiger partial charge in [0.05, 0.1) is 12.8 Å². The first-order valence-electron chi connectivity index (χ1n) is 12.9. The number of aryl methyl sites for hydroxylation is 2. The molecule has 0 aliphatic carbocycles. The van der Waals surface area contributed by atoms with Crippen molar-refractivity contribution in [3.05, 3.63) is 101 Å². The monoisotopic (exact) mass is 538 g/mol. The van der Waals surface area contributed by atoms with Crippen LogP contribution in [0.2, 0.25) is 0 Å². The number of carbonyl (C=O) groups excluding carboxylic acids is 1. The Balaban J connectivity index is 1.74. The van der Waals surface area contributed by atoms with Gasteiger partial charge in [0.1, 0.15) is 17.1 Å². The van der Waals surface area contributed by atoms with E-state index < -0.39 is 12.0 Å². The summed E-state index contributed by atoms with van der Waals surface area (Å²) < 4.78 is 11.6. The molecule has 206 valence electrons. The number of benzene rings is 4. The molecule has 0 bridgehead atoms. The van der Waals surface area contributed by atoms with Gasteiger partial charge in [-0.1, -0.05) is 57.2 Å². The van der Waals surface area contributed by atoms with Crippen LogP contribution in [0.5, 0.6) is 17.2 Å². The van der Waals surface area contributed by atoms with Gasteiger partial charge in [-0.3, -0.25) is 0 Å². The van der Waals surface area contributed by atoms with Crippen LogP contribution in [0.25, 0.3) is 11.1 Å². The van der Waals surface area contributed by atoms with Crippen LogP contribution in [-0.4, -0.2) is 24.2 Å². The van der Waals surface area contributed by atoms with Gasteiger partial charge in [0.25, 0.3) is 0 Å². The summed E-state index contributed by atoms with van der Waals surface area (Å²) in [5.41, 5.74) is 5.53. The summed E-state index contributed by atoms with van der Waals surface area (Å²) in [6, 6.07) is 23.4. The van der Waals surface area contributed by atoms with E-state index >= 15 is 0 Å². The third kappa shape index (κ3) is 6.43. The van der Waals surface area contributed by atoms with Crippen LogP contribution in [0.15, 0.2) is 78.9 Å². The van der Waals surface area contributed by atoms with Crippen molar-refractivity contribution in [2.45, 2.75) is 40.0 Å². The Labute approximate surface area is 234 Å². The van der Waals surface area contributed by atoms with Gasteiger partial charge >= 0.3 is 12.0 Å². The van der Waals surface area contributed by atoms with Crippen molar-refractivity contribution in [3.8, 4) is 28.4 Å². The number of hydrogen-bond donors (Lipinski definition) is 3. The van der Waals surface area contributed by atoms with E-state index in [9.17, 15) is 14.7 Å². The van der Waals surface area contributed by atoms with Crippen LogP contribution in [0, 0.1) is 13.8 Å². The number of carbonyl (C=O) groups is 2. The fraction of sp³-hybridized carbons (Fsp3) is 0.212. The molecular formula is C33H34N2O5. The van der Waals surface area contributed by atoms with Crippen molar-refractivity contribution in [3.63, 3.8) is 0 Å². The molecule has 7 heteroatoms. The Bertz CT molecular complexity index is 1570. The molecule has 0 saturated heterocycles. The molecule has 2 amide bonds. The van der Waals surface area contributed by atoms with Crippen LogP contribution in [0.1, 0.15) is 47.8 Å². The van der Waals surface area contributed by atoms with E-state index in [1.807, 2.05) is 62.4 Å². The highest BCUT2D eigenvalue weighted by Crippen LogP contribution is 2.39. The van der Waals surface area contributed by atoms with E-state index in [4.69, 9.17) is 9.47 Å². The van der Waals surface area contributed by atoms with Gasteiger partial charge in [0.15, 0.2) is 5.75 Å². The van der Waals surface area contributed by atoms with Crippen LogP contribution >= 0.6 is 0 Å². The van der Waals surface area contributed by atoms with E-state index in [1.165, 1.54) is 7.11 Å². The number of rotatable bonds is 7. The number of ether oxygens (including phenoxy) is 2. The minimum absolute atomic E-state index is 0.0430. The minimum Gasteiger partial charge on any atom is -0.496 e. The third-order valence-electron chi connectivity index (χ3n) is 6.67. The Kier molecular flexibility index (Phi) is 8.14. The van der Waals surface area contributed by atoms with E-state index in [1.54, 1.807) is 30.3 Å². The highest BCUT2D eigenvalue weighted by atomic mass is 16.5. The molecule has 0 heterocycles. The zero-order chi connectivity index (χ0) is 29.0. The molecule has 0 aliphatic rings. The Morgan fingerprint density at radius 3 is 2.08 bits per heavy atom. The van der Waals surface area contributed by atoms with E-state index in [-0.39, 0.29) is 16.7 Å². The van der Waals surface area contributed by atoms with Crippen molar-refractivity contribution >= 4 is 23.4 Å². The molecule has 0 saturated carbocycles. The molecule has 3 N–H and O–H groups in total. The van der Waals surface area contributed by atoms with Gasteiger partial charge in [0.2, 0.25) is 0 Å². The molecule has 40 heavy (non-hydrogen) atoms. The number of methoxy groups -OCH3 is 1. The lowest BCUT2D eigenvalue weighted by Gasteiger charge is -2.23. The quantitative estimate of drug-likeness (QED) is 0.219. The van der Waals surface area contributed by atoms with Gasteiger partial charge in [-0.25, -0.2) is 9.59 Å². The van der Waals surface area contributed by atoms with E-state index in [0.29, 0.717) is 34.0 Å². The van der Waals surface area contributed by atoms with Crippen molar-refractivity contribution in [2.75, 3.05) is 17.7 Å². The lowest BCUT2D eigenvalue weighted by atomic mass is 9.86. The molecule has 7 nitrogen and oxygen atoms in total. The van der Waals surface area contributed by atoms with Gasteiger partial charge in [0, 0.05) is 11.3 Å². The van der Waals surface area contributed by atoms with Crippen molar-refractivity contribution in [2.24, 2.45) is 0 Å². The summed E-state index contributed by atoms with van der Waals surface area (Å²) >= 11 is 0. The standard InChI is InChI=1S/C33H34N2O5/c1-20-11-14-24(17-21(20)2)34-32(38)35-27-19-23(22-12-15-28(39-6)25(18-22)31(36)37)13-16-30(27)40-29-10-8-7-9-26(29)33(3,4)5/h7-19H,1-6H3,(H,36,37)(H2,34,35,38). The second-order valence-corrected chi connectivity index (χ2v) is 10.7. The summed E-state index contributed by atoms with van der Waals surface area (Å²) in [5.74, 6) is 0.297. The maximum absolute atomic E-state index is 13.1. The Hall–Kier alpha value is -4.78. The van der Waals surface area contributed by atoms with Crippen molar-refractivity contribution in [1.29, 1.82) is 0 Å². The molecule has 0 radical (unpaired) electrons. The second-order valence-electron chi connectivity index (χ2n) is 10.7. The largest absolute Gasteiger partial charge is 0.496 e. The van der Waals surface area contributed by atoms with Gasteiger partial charge in [-0.2, -0.15) is 0 Å². The summed E-state index contributed by atoms with van der Waals surface area (Å²) in [5, 5.41) is 15.5. The summed E-state index contributed by atoms with van der Waals surface area (Å²) in [4.78, 5) is 24.9. The Morgan fingerprint density at radius 1 is 0.750 bits per heavy atom. The number of nitrogens with one attached hydrogen (secondary N) is 2. The van der Waals surface area contributed by atoms with Crippen molar-refractivity contribution in [1.82, 2.24) is 0 Å². The highest BCUT2D eigenvalue weighted by molar-refractivity contribution is 6.01. The average Bonchev–Trinajstić information content (AvgIpc) is 2.91. The molecule has 0 aromatic heterocycles. The maximum atomic E-state index is 13.1. The first-order chi connectivity index (χ1) is 19.0. The summed E-state index contributed by atoms with van der Waals surface area (Å²) in [6.07, 6.45) is 0. The minimum atomic E-state index is -1.09. The van der Waals surface area contributed by atoms with Crippen LogP contribution in [0.4, 0.5) is 16.2 Å². The molecule has 0 atom stereocenters. The number of carboxylic acids is 1. The molecule has 0 fully saturated rings. The summed E-state index contributed by atoms with van der Waals surface area (Å²) in [6.45, 7) is 10.3. The molecule has 4 aromatic rings. The number of carboxylic acid groups (broad SMARTS) is 1. The van der Waals surface area contributed by atoms with E-state index in [2.05, 4.69) is 31.4 Å². The predicted octanol–water partition coefficient (Wildman–Crippen LogP) is 8.41. The maximum Gasteiger partial charge on any atom is 0.339 e. The first-order valence-corrected chi connectivity index (χ1v) is 12.9. The van der Waals surface area contributed by atoms with Gasteiger partial charge in [-0.05, 0) is 84.0 Å². The number of urea groups is 1. The van der Waals surface area contributed by atoms with Gasteiger partial charge in [-0.15, -0.1) is 0 Å². The molecular weight excluding hydrogens is 504 g/mol. The highest BCUT2D eigenvalue weighted by Gasteiger charge is 2.21. The molecule has 0 aliphatic heterocycles. The topological polar surface area (TPSA) is 96.9 Å². The zero-order valence-corrected chi connectivity index (χ0v) is 23.6. The normalized spacial score (nSPS) is 11.1. The number of para-hydroxylation sites is 1. The second kappa shape index (κ2) is 11.5. The summed E-state index contributed by atoms with van der Waals surface area (Å²) in [7, 11) is 1.43. The van der Waals surface area contributed by atoms with E-state index in [0.717, 1.165) is 16.7 Å². The van der Waals surface area contributed by atoms with Crippen LogP contribution < -0.4 is 20.1 Å². The number of hydrogen-bond acceptors (Lipinski definition) is 4. The van der Waals surface area contributed by atoms with Crippen molar-refractivity contribution < 1.29 is 24.2 Å². The lowest BCUT2D eigenvalue weighted by molar-refractivity contribution is 0.0693.